The number of fused-ring (bicyclic) bond motifs is 3. The first kappa shape index (κ1) is 16.1. The fourth-order valence-corrected chi connectivity index (χ4v) is 2.68. The minimum Gasteiger partial charge on any atom is -0.497 e. The van der Waals surface area contributed by atoms with Crippen LogP contribution in [0.4, 0.5) is 13.2 Å². The Bertz CT molecular complexity index is 1180. The van der Waals surface area contributed by atoms with E-state index in [1.807, 2.05) is 0 Å². The number of H-pyrrole nitrogens is 1. The van der Waals surface area contributed by atoms with Crippen molar-refractivity contribution in [3.8, 4) is 17.1 Å². The molecule has 0 saturated carbocycles. The zero-order valence-electron chi connectivity index (χ0n) is 13.3. The Balaban J connectivity index is 1.93. The molecule has 2 aromatic heterocycles. The van der Waals surface area contributed by atoms with Crippen LogP contribution in [-0.2, 0) is 6.18 Å². The van der Waals surface area contributed by atoms with Gasteiger partial charge in [-0.15, -0.1) is 5.10 Å². The van der Waals surface area contributed by atoms with E-state index < -0.39 is 17.4 Å². The molecule has 0 aliphatic carbocycles. The normalized spacial score (nSPS) is 12.0. The lowest BCUT2D eigenvalue weighted by Gasteiger charge is -2.07. The molecule has 132 valence electrons. The van der Waals surface area contributed by atoms with Gasteiger partial charge >= 0.3 is 11.9 Å². The molecule has 9 heteroatoms. The molecule has 4 rings (SSSR count). The summed E-state index contributed by atoms with van der Waals surface area (Å²) in [5.41, 5.74) is -0.637. The number of benzene rings is 2. The van der Waals surface area contributed by atoms with Gasteiger partial charge in [-0.25, -0.2) is 9.78 Å². The molecule has 0 radical (unpaired) electrons. The number of aromatic amines is 1. The quantitative estimate of drug-likeness (QED) is 0.596. The topological polar surface area (TPSA) is 72.3 Å². The molecule has 0 bridgehead atoms. The molecule has 0 aliphatic rings. The second-order valence-corrected chi connectivity index (χ2v) is 5.59. The van der Waals surface area contributed by atoms with Crippen molar-refractivity contribution in [2.75, 3.05) is 7.11 Å². The van der Waals surface area contributed by atoms with Crippen molar-refractivity contribution in [1.82, 2.24) is 19.6 Å². The lowest BCUT2D eigenvalue weighted by atomic mass is 10.1. The van der Waals surface area contributed by atoms with Gasteiger partial charge in [0.15, 0.2) is 11.5 Å². The molecule has 0 atom stereocenters. The summed E-state index contributed by atoms with van der Waals surface area (Å²) in [6, 6.07) is 10.0. The molecule has 0 fully saturated rings. The highest BCUT2D eigenvalue weighted by molar-refractivity contribution is 5.91. The number of alkyl halides is 3. The van der Waals surface area contributed by atoms with E-state index in [0.29, 0.717) is 16.7 Å². The number of hydrogen-bond donors (Lipinski definition) is 1. The summed E-state index contributed by atoms with van der Waals surface area (Å²) in [5.74, 6) is 0.936. The van der Waals surface area contributed by atoms with Crippen molar-refractivity contribution < 1.29 is 17.9 Å². The van der Waals surface area contributed by atoms with Gasteiger partial charge in [0.25, 0.3) is 0 Å². The molecule has 2 aromatic carbocycles. The average molecular weight is 360 g/mol. The van der Waals surface area contributed by atoms with Crippen LogP contribution in [0.2, 0.25) is 0 Å². The predicted octanol–water partition coefficient (Wildman–Crippen LogP) is 3.27. The number of nitrogens with one attached hydrogen (secondary N) is 1. The van der Waals surface area contributed by atoms with E-state index in [0.717, 1.165) is 16.6 Å². The highest BCUT2D eigenvalue weighted by Gasteiger charge is 2.30. The molecule has 1 N–H and O–H groups in total. The Morgan fingerprint density at radius 3 is 2.50 bits per heavy atom. The summed E-state index contributed by atoms with van der Waals surface area (Å²) >= 11 is 0. The van der Waals surface area contributed by atoms with Crippen molar-refractivity contribution in [3.63, 3.8) is 0 Å². The van der Waals surface area contributed by atoms with E-state index in [1.54, 1.807) is 31.4 Å². The smallest absolute Gasteiger partial charge is 0.416 e. The van der Waals surface area contributed by atoms with Crippen LogP contribution >= 0.6 is 0 Å². The van der Waals surface area contributed by atoms with Crippen LogP contribution in [0.1, 0.15) is 5.56 Å². The summed E-state index contributed by atoms with van der Waals surface area (Å²) in [6.07, 6.45) is -4.50. The van der Waals surface area contributed by atoms with Gasteiger partial charge in [-0.05, 0) is 42.5 Å². The minimum absolute atomic E-state index is 0.0472. The highest BCUT2D eigenvalue weighted by atomic mass is 19.4. The second kappa shape index (κ2) is 5.58. The van der Waals surface area contributed by atoms with Crippen LogP contribution < -0.4 is 10.4 Å². The van der Waals surface area contributed by atoms with Gasteiger partial charge in [0.2, 0.25) is 0 Å². The summed E-state index contributed by atoms with van der Waals surface area (Å²) in [7, 11) is 1.54. The Morgan fingerprint density at radius 2 is 1.85 bits per heavy atom. The van der Waals surface area contributed by atoms with Crippen LogP contribution in [0.25, 0.3) is 27.9 Å². The Hall–Kier alpha value is -3.36. The van der Waals surface area contributed by atoms with Crippen molar-refractivity contribution in [2.45, 2.75) is 6.18 Å². The van der Waals surface area contributed by atoms with Crippen molar-refractivity contribution in [1.29, 1.82) is 0 Å². The van der Waals surface area contributed by atoms with Crippen LogP contribution in [0.5, 0.6) is 5.75 Å². The summed E-state index contributed by atoms with van der Waals surface area (Å²) < 4.78 is 44.8. The highest BCUT2D eigenvalue weighted by Crippen LogP contribution is 2.31. The molecular weight excluding hydrogens is 349 g/mol. The molecule has 6 nitrogen and oxygen atoms in total. The first-order valence-corrected chi connectivity index (χ1v) is 7.51. The van der Waals surface area contributed by atoms with E-state index in [1.165, 1.54) is 6.07 Å². The lowest BCUT2D eigenvalue weighted by molar-refractivity contribution is -0.137. The number of aromatic nitrogens is 4. The first-order valence-electron chi connectivity index (χ1n) is 7.51. The molecule has 0 amide bonds. The third kappa shape index (κ3) is 2.57. The van der Waals surface area contributed by atoms with Gasteiger partial charge in [0.1, 0.15) is 5.75 Å². The summed E-state index contributed by atoms with van der Waals surface area (Å²) in [4.78, 5) is 18.9. The fourth-order valence-electron chi connectivity index (χ4n) is 2.68. The number of ether oxygens (including phenoxy) is 1. The van der Waals surface area contributed by atoms with Gasteiger partial charge in [-0.1, -0.05) is 0 Å². The van der Waals surface area contributed by atoms with Gasteiger partial charge in [0, 0.05) is 10.9 Å². The molecule has 2 heterocycles. The number of hydrogen-bond acceptors (Lipinski definition) is 4. The fraction of sp³-hybridized carbons (Fsp3) is 0.118. The maximum Gasteiger partial charge on any atom is 0.416 e. The molecule has 0 aliphatic heterocycles. The molecule has 0 unspecified atom stereocenters. The Labute approximate surface area is 143 Å². The first-order chi connectivity index (χ1) is 12.4. The zero-order valence-corrected chi connectivity index (χ0v) is 13.3. The number of halogens is 3. The van der Waals surface area contributed by atoms with Crippen molar-refractivity contribution in [2.24, 2.45) is 0 Å². The van der Waals surface area contributed by atoms with E-state index in [-0.39, 0.29) is 17.0 Å². The van der Waals surface area contributed by atoms with Crippen LogP contribution in [-0.4, -0.2) is 26.7 Å². The third-order valence-electron chi connectivity index (χ3n) is 3.98. The molecule has 26 heavy (non-hydrogen) atoms. The summed E-state index contributed by atoms with van der Waals surface area (Å²) in [6.45, 7) is 0. The van der Waals surface area contributed by atoms with E-state index in [4.69, 9.17) is 4.74 Å². The zero-order chi connectivity index (χ0) is 18.5. The molecule has 0 spiro atoms. The second-order valence-electron chi connectivity index (χ2n) is 5.59. The number of nitrogens with zero attached hydrogens (tertiary/aromatic N) is 3. The monoisotopic (exact) mass is 360 g/mol. The Morgan fingerprint density at radius 1 is 1.12 bits per heavy atom. The van der Waals surface area contributed by atoms with Gasteiger partial charge in [0.05, 0.1) is 18.2 Å². The van der Waals surface area contributed by atoms with Crippen molar-refractivity contribution in [3.05, 3.63) is 58.5 Å². The maximum atomic E-state index is 12.9. The van der Waals surface area contributed by atoms with Gasteiger partial charge in [-0.2, -0.15) is 17.7 Å². The third-order valence-corrected chi connectivity index (χ3v) is 3.98. The van der Waals surface area contributed by atoms with E-state index in [9.17, 15) is 18.0 Å². The van der Waals surface area contributed by atoms with E-state index >= 15 is 0 Å². The van der Waals surface area contributed by atoms with Gasteiger partial charge in [-0.3, -0.25) is 0 Å². The maximum absolute atomic E-state index is 12.9. The van der Waals surface area contributed by atoms with Crippen LogP contribution in [0, 0.1) is 0 Å². The van der Waals surface area contributed by atoms with Crippen LogP contribution in [0.3, 0.4) is 0 Å². The number of rotatable bonds is 2. The minimum atomic E-state index is -4.50. The average Bonchev–Trinajstić information content (AvgIpc) is 3.07. The Kier molecular flexibility index (Phi) is 3.46. The lowest BCUT2D eigenvalue weighted by Crippen LogP contribution is -2.18. The predicted molar refractivity (Wildman–Crippen MR) is 88.1 cm³/mol. The largest absolute Gasteiger partial charge is 0.497 e. The van der Waals surface area contributed by atoms with E-state index in [2.05, 4.69) is 15.1 Å². The van der Waals surface area contributed by atoms with Crippen LogP contribution in [0.15, 0.2) is 47.3 Å². The molecule has 4 aromatic rings. The van der Waals surface area contributed by atoms with Crippen molar-refractivity contribution >= 4 is 16.6 Å². The molecule has 0 saturated heterocycles. The summed E-state index contributed by atoms with van der Waals surface area (Å²) in [5, 5.41) is 4.52. The standard InChI is InChI=1S/C17H11F3N4O2/c1-26-11-5-2-9(3-6-11)14-22-15-12-7-4-10(17(18,19)20)8-13(12)21-16(25)24(15)23-14/h2-8H,1H3,(H,21,25). The molecular formula is C17H11F3N4O2. The SMILES string of the molecule is COc1ccc(-c2nc3c4ccc(C(F)(F)F)cc4[nH]c(=O)n3n2)cc1. The number of methoxy groups -OCH3 is 1. The van der Waals surface area contributed by atoms with Gasteiger partial charge < -0.3 is 9.72 Å².